The van der Waals surface area contributed by atoms with E-state index in [-0.39, 0.29) is 11.5 Å². The molecule has 8 nitrogen and oxygen atoms in total. The summed E-state index contributed by atoms with van der Waals surface area (Å²) in [4.78, 5) is 24.7. The van der Waals surface area contributed by atoms with Crippen LogP contribution in [-0.2, 0) is 16.2 Å². The number of nitrogens with zero attached hydrogens (tertiary/aromatic N) is 3. The Balaban J connectivity index is 1.47. The number of alkyl halides is 3. The number of nitrogens with one attached hydrogen (secondary N) is 2. The Kier molecular flexibility index (Phi) is 6.75. The standard InChI is InChI=1S/C23H22F3N5O3S/c1-2-19(20-9-10-28-22(30-20)31-35(33,34)18-7-8-18)29-21(32)15-5-3-14(4-6-15)16-11-17(13-27-12-16)23(24,25)26/h3-6,9-13,18-19H,2,7-8H2,1H3,(H,29,32)(H,28,30,31). The lowest BCUT2D eigenvalue weighted by molar-refractivity contribution is -0.137. The summed E-state index contributed by atoms with van der Waals surface area (Å²) >= 11 is 0. The van der Waals surface area contributed by atoms with Crippen LogP contribution >= 0.6 is 0 Å². The zero-order valence-electron chi connectivity index (χ0n) is 18.6. The Bertz CT molecular complexity index is 1330. The highest BCUT2D eigenvalue weighted by Gasteiger charge is 2.36. The molecule has 1 fully saturated rings. The van der Waals surface area contributed by atoms with Crippen molar-refractivity contribution >= 4 is 21.9 Å². The summed E-state index contributed by atoms with van der Waals surface area (Å²) in [6, 6.07) is 8.18. The second kappa shape index (κ2) is 9.61. The number of halogens is 3. The summed E-state index contributed by atoms with van der Waals surface area (Å²) in [5.74, 6) is -0.467. The highest BCUT2D eigenvalue weighted by Crippen LogP contribution is 2.32. The largest absolute Gasteiger partial charge is 0.417 e. The summed E-state index contributed by atoms with van der Waals surface area (Å²) in [5.41, 5.74) is 0.647. The van der Waals surface area contributed by atoms with Crippen LogP contribution in [-0.4, -0.2) is 34.5 Å². The van der Waals surface area contributed by atoms with Gasteiger partial charge in [-0.15, -0.1) is 0 Å². The van der Waals surface area contributed by atoms with Gasteiger partial charge < -0.3 is 5.32 Å². The van der Waals surface area contributed by atoms with Crippen molar-refractivity contribution in [3.05, 3.63) is 71.8 Å². The Morgan fingerprint density at radius 2 is 1.83 bits per heavy atom. The summed E-state index contributed by atoms with van der Waals surface area (Å²) < 4.78 is 65.6. The number of hydrogen-bond acceptors (Lipinski definition) is 6. The van der Waals surface area contributed by atoms with Crippen LogP contribution < -0.4 is 10.0 Å². The SMILES string of the molecule is CCC(NC(=O)c1ccc(-c2cncc(C(F)(F)F)c2)cc1)c1ccnc(NS(=O)(=O)C2CC2)n1. The van der Waals surface area contributed by atoms with Crippen LogP contribution in [0.25, 0.3) is 11.1 Å². The quantitative estimate of drug-likeness (QED) is 0.471. The van der Waals surface area contributed by atoms with E-state index in [1.807, 2.05) is 6.92 Å². The van der Waals surface area contributed by atoms with E-state index in [9.17, 15) is 26.4 Å². The molecule has 2 aromatic heterocycles. The molecule has 1 unspecified atom stereocenters. The van der Waals surface area contributed by atoms with E-state index in [0.29, 0.717) is 36.1 Å². The molecule has 0 radical (unpaired) electrons. The average molecular weight is 506 g/mol. The van der Waals surface area contributed by atoms with E-state index in [2.05, 4.69) is 25.0 Å². The number of sulfonamides is 1. The van der Waals surface area contributed by atoms with Gasteiger partial charge >= 0.3 is 6.18 Å². The van der Waals surface area contributed by atoms with Gasteiger partial charge in [0.2, 0.25) is 16.0 Å². The Morgan fingerprint density at radius 1 is 1.11 bits per heavy atom. The van der Waals surface area contributed by atoms with Crippen molar-refractivity contribution in [2.75, 3.05) is 4.72 Å². The van der Waals surface area contributed by atoms with Crippen molar-refractivity contribution in [1.29, 1.82) is 0 Å². The first kappa shape index (κ1) is 24.6. The third-order valence-corrected chi connectivity index (χ3v) is 7.31. The molecule has 1 amide bonds. The molecule has 2 heterocycles. The molecule has 0 saturated heterocycles. The zero-order chi connectivity index (χ0) is 25.2. The number of hydrogen-bond donors (Lipinski definition) is 2. The third kappa shape index (κ3) is 5.94. The van der Waals surface area contributed by atoms with E-state index in [1.54, 1.807) is 18.2 Å². The highest BCUT2D eigenvalue weighted by atomic mass is 32.2. The maximum absolute atomic E-state index is 13.0. The molecule has 0 spiro atoms. The van der Waals surface area contributed by atoms with E-state index in [1.165, 1.54) is 24.5 Å². The predicted octanol–water partition coefficient (Wildman–Crippen LogP) is 4.34. The van der Waals surface area contributed by atoms with Crippen LogP contribution in [0.5, 0.6) is 0 Å². The first-order chi connectivity index (χ1) is 16.6. The lowest BCUT2D eigenvalue weighted by Crippen LogP contribution is -2.29. The van der Waals surface area contributed by atoms with E-state index >= 15 is 0 Å². The Morgan fingerprint density at radius 3 is 2.46 bits per heavy atom. The highest BCUT2D eigenvalue weighted by molar-refractivity contribution is 7.93. The topological polar surface area (TPSA) is 114 Å². The number of pyridine rings is 1. The van der Waals surface area contributed by atoms with Crippen LogP contribution in [0.4, 0.5) is 19.1 Å². The van der Waals surface area contributed by atoms with E-state index in [0.717, 1.165) is 12.3 Å². The van der Waals surface area contributed by atoms with Crippen LogP contribution in [0.15, 0.2) is 55.0 Å². The normalized spacial score (nSPS) is 14.9. The van der Waals surface area contributed by atoms with Crippen LogP contribution in [0.2, 0.25) is 0 Å². The maximum atomic E-state index is 13.0. The van der Waals surface area contributed by atoms with Crippen molar-refractivity contribution in [2.45, 2.75) is 43.7 Å². The van der Waals surface area contributed by atoms with Crippen molar-refractivity contribution in [3.63, 3.8) is 0 Å². The minimum Gasteiger partial charge on any atom is -0.344 e. The molecule has 0 aliphatic heterocycles. The number of amides is 1. The summed E-state index contributed by atoms with van der Waals surface area (Å²) in [6.45, 7) is 1.84. The second-order valence-corrected chi connectivity index (χ2v) is 10.1. The van der Waals surface area contributed by atoms with Gasteiger partial charge in [-0.25, -0.2) is 18.4 Å². The molecule has 184 valence electrons. The minimum atomic E-state index is -4.50. The van der Waals surface area contributed by atoms with E-state index < -0.39 is 39.0 Å². The van der Waals surface area contributed by atoms with Crippen LogP contribution in [0, 0.1) is 0 Å². The first-order valence-electron chi connectivity index (χ1n) is 10.8. The number of rotatable bonds is 8. The maximum Gasteiger partial charge on any atom is 0.417 e. The van der Waals surface area contributed by atoms with Gasteiger partial charge in [0.1, 0.15) is 0 Å². The fraction of sp³-hybridized carbons (Fsp3) is 0.304. The van der Waals surface area contributed by atoms with Gasteiger partial charge in [0.05, 0.1) is 22.5 Å². The molecule has 4 rings (SSSR count). The van der Waals surface area contributed by atoms with Gasteiger partial charge in [-0.3, -0.25) is 14.5 Å². The predicted molar refractivity (Wildman–Crippen MR) is 123 cm³/mol. The number of anilines is 1. The molecule has 1 saturated carbocycles. The van der Waals surface area contributed by atoms with E-state index in [4.69, 9.17) is 0 Å². The summed E-state index contributed by atoms with van der Waals surface area (Å²) in [6.07, 6.45) is 0.673. The number of carbonyl (C=O) groups is 1. The molecular formula is C23H22F3N5O3S. The van der Waals surface area contributed by atoms with Crippen molar-refractivity contribution in [1.82, 2.24) is 20.3 Å². The average Bonchev–Trinajstić information content (AvgIpc) is 3.68. The lowest BCUT2D eigenvalue weighted by atomic mass is 10.0. The molecule has 1 atom stereocenters. The van der Waals surface area contributed by atoms with Gasteiger partial charge in [0.25, 0.3) is 5.91 Å². The Hall–Kier alpha value is -3.54. The number of aromatic nitrogens is 3. The molecule has 1 aliphatic carbocycles. The summed E-state index contributed by atoms with van der Waals surface area (Å²) in [5, 5.41) is 2.42. The van der Waals surface area contributed by atoms with Gasteiger partial charge in [-0.05, 0) is 49.1 Å². The third-order valence-electron chi connectivity index (χ3n) is 5.49. The lowest BCUT2D eigenvalue weighted by Gasteiger charge is -2.17. The van der Waals surface area contributed by atoms with Crippen molar-refractivity contribution in [3.8, 4) is 11.1 Å². The molecule has 2 N–H and O–H groups in total. The molecule has 35 heavy (non-hydrogen) atoms. The Labute approximate surface area is 200 Å². The minimum absolute atomic E-state index is 0.0545. The fourth-order valence-electron chi connectivity index (χ4n) is 3.40. The number of carbonyl (C=O) groups excluding carboxylic acids is 1. The summed E-state index contributed by atoms with van der Waals surface area (Å²) in [7, 11) is -3.52. The van der Waals surface area contributed by atoms with Gasteiger partial charge in [0.15, 0.2) is 0 Å². The monoisotopic (exact) mass is 505 g/mol. The molecule has 0 bridgehead atoms. The first-order valence-corrected chi connectivity index (χ1v) is 12.4. The van der Waals surface area contributed by atoms with Crippen molar-refractivity contribution < 1.29 is 26.4 Å². The fourth-order valence-corrected chi connectivity index (χ4v) is 4.67. The van der Waals surface area contributed by atoms with Crippen LogP contribution in [0.3, 0.4) is 0 Å². The molecule has 1 aliphatic rings. The molecule has 3 aromatic rings. The number of benzene rings is 1. The zero-order valence-corrected chi connectivity index (χ0v) is 19.4. The molecular weight excluding hydrogens is 483 g/mol. The molecule has 12 heteroatoms. The van der Waals surface area contributed by atoms with Crippen molar-refractivity contribution in [2.24, 2.45) is 0 Å². The van der Waals surface area contributed by atoms with Gasteiger partial charge in [-0.2, -0.15) is 13.2 Å². The molecule has 1 aromatic carbocycles. The van der Waals surface area contributed by atoms with Crippen LogP contribution in [0.1, 0.15) is 53.8 Å². The second-order valence-electron chi connectivity index (χ2n) is 8.12. The van der Waals surface area contributed by atoms with Gasteiger partial charge in [0, 0.05) is 29.7 Å². The van der Waals surface area contributed by atoms with Gasteiger partial charge in [-0.1, -0.05) is 19.1 Å². The smallest absolute Gasteiger partial charge is 0.344 e.